The maximum absolute atomic E-state index is 3.94. The fraction of sp³-hybridized carbons (Fsp3) is 0.556. The van der Waals surface area contributed by atoms with E-state index in [0.29, 0.717) is 0 Å². The van der Waals surface area contributed by atoms with E-state index in [1.54, 1.807) is 0 Å². The van der Waals surface area contributed by atoms with Gasteiger partial charge in [-0.2, -0.15) is 0 Å². The normalized spacial score (nSPS) is 12.4. The van der Waals surface area contributed by atoms with Crippen LogP contribution in [0.2, 0.25) is 0 Å². The highest BCUT2D eigenvalue weighted by Crippen LogP contribution is 2.28. The molecule has 0 atom stereocenters. The van der Waals surface area contributed by atoms with Gasteiger partial charge in [-0.15, -0.1) is 0 Å². The molecule has 0 aromatic carbocycles. The zero-order valence-corrected chi connectivity index (χ0v) is 9.10. The van der Waals surface area contributed by atoms with Crippen molar-refractivity contribution >= 4 is 22.6 Å². The van der Waals surface area contributed by atoms with Crippen LogP contribution in [0.4, 0.5) is 0 Å². The lowest BCUT2D eigenvalue weighted by Gasteiger charge is -2.22. The summed E-state index contributed by atoms with van der Waals surface area (Å²) in [7, 11) is 0. The summed E-state index contributed by atoms with van der Waals surface area (Å²) >= 11 is 2.24. The van der Waals surface area contributed by atoms with Gasteiger partial charge in [0.1, 0.15) is 0 Å². The van der Waals surface area contributed by atoms with E-state index >= 15 is 0 Å². The fourth-order valence-corrected chi connectivity index (χ4v) is 0.768. The number of allylic oxidation sites excluding steroid dienone is 2. The van der Waals surface area contributed by atoms with Crippen molar-refractivity contribution in [3.05, 3.63) is 22.3 Å². The van der Waals surface area contributed by atoms with Crippen molar-refractivity contribution in [1.29, 1.82) is 0 Å². The number of rotatable bonds is 3. The van der Waals surface area contributed by atoms with Crippen LogP contribution in [0.3, 0.4) is 0 Å². The standard InChI is InChI=1S/C9H15I/c1-8(2)9(3,4)6-5-7-10/h5,7H,1,6H2,2-4H3/b7-5-. The SMILES string of the molecule is C=C(C)C(C)(C)C/C=C\I. The molecular formula is C9H15I. The van der Waals surface area contributed by atoms with Gasteiger partial charge in [0.2, 0.25) is 0 Å². The van der Waals surface area contributed by atoms with Gasteiger partial charge < -0.3 is 0 Å². The minimum absolute atomic E-state index is 0.266. The Labute approximate surface area is 77.5 Å². The molecule has 0 aliphatic carbocycles. The summed E-state index contributed by atoms with van der Waals surface area (Å²) in [6.45, 7) is 10.5. The molecule has 0 aromatic heterocycles. The first-order valence-electron chi connectivity index (χ1n) is 3.42. The molecule has 0 aliphatic heterocycles. The highest BCUT2D eigenvalue weighted by molar-refractivity contribution is 14.1. The lowest BCUT2D eigenvalue weighted by molar-refractivity contribution is 0.455. The van der Waals surface area contributed by atoms with Gasteiger partial charge in [0.25, 0.3) is 0 Å². The van der Waals surface area contributed by atoms with Crippen LogP contribution in [-0.2, 0) is 0 Å². The minimum Gasteiger partial charge on any atom is -0.0996 e. The summed E-state index contributed by atoms with van der Waals surface area (Å²) in [6.07, 6.45) is 3.26. The van der Waals surface area contributed by atoms with Gasteiger partial charge >= 0.3 is 0 Å². The molecule has 0 unspecified atom stereocenters. The second kappa shape index (κ2) is 4.16. The van der Waals surface area contributed by atoms with Crippen LogP contribution in [0.1, 0.15) is 27.2 Å². The van der Waals surface area contributed by atoms with Crippen LogP contribution in [0.5, 0.6) is 0 Å². The van der Waals surface area contributed by atoms with E-state index in [0.717, 1.165) is 6.42 Å². The molecule has 0 nitrogen and oxygen atoms in total. The third kappa shape index (κ3) is 3.40. The first kappa shape index (κ1) is 10.2. The molecule has 0 amide bonds. The molecule has 0 aromatic rings. The van der Waals surface area contributed by atoms with Gasteiger partial charge in [-0.3, -0.25) is 0 Å². The monoisotopic (exact) mass is 250 g/mol. The van der Waals surface area contributed by atoms with Gasteiger partial charge in [-0.05, 0) is 22.8 Å². The molecule has 0 saturated heterocycles. The highest BCUT2D eigenvalue weighted by Gasteiger charge is 2.15. The van der Waals surface area contributed by atoms with Crippen molar-refractivity contribution in [3.63, 3.8) is 0 Å². The lowest BCUT2D eigenvalue weighted by Crippen LogP contribution is -2.10. The van der Waals surface area contributed by atoms with Gasteiger partial charge in [0.15, 0.2) is 0 Å². The van der Waals surface area contributed by atoms with Crippen LogP contribution >= 0.6 is 22.6 Å². The summed E-state index contributed by atoms with van der Waals surface area (Å²) in [4.78, 5) is 0. The summed E-state index contributed by atoms with van der Waals surface area (Å²) in [5.74, 6) is 0. The Morgan fingerprint density at radius 3 is 2.40 bits per heavy atom. The van der Waals surface area contributed by atoms with Crippen LogP contribution in [0, 0.1) is 5.41 Å². The van der Waals surface area contributed by atoms with Crippen molar-refractivity contribution in [1.82, 2.24) is 0 Å². The van der Waals surface area contributed by atoms with E-state index in [1.165, 1.54) is 5.57 Å². The van der Waals surface area contributed by atoms with Crippen LogP contribution in [-0.4, -0.2) is 0 Å². The summed E-state index contributed by atoms with van der Waals surface area (Å²) < 4.78 is 2.06. The van der Waals surface area contributed by atoms with Crippen molar-refractivity contribution in [2.45, 2.75) is 27.2 Å². The maximum Gasteiger partial charge on any atom is -0.0115 e. The quantitative estimate of drug-likeness (QED) is 0.526. The Morgan fingerprint density at radius 1 is 1.60 bits per heavy atom. The average Bonchev–Trinajstić information content (AvgIpc) is 1.84. The van der Waals surface area contributed by atoms with Crippen molar-refractivity contribution in [3.8, 4) is 0 Å². The van der Waals surface area contributed by atoms with Crippen molar-refractivity contribution < 1.29 is 0 Å². The molecule has 58 valence electrons. The molecule has 1 heteroatoms. The van der Waals surface area contributed by atoms with E-state index in [-0.39, 0.29) is 5.41 Å². The Hall–Kier alpha value is 0.210. The molecule has 10 heavy (non-hydrogen) atoms. The predicted octanol–water partition coefficient (Wildman–Crippen LogP) is 3.93. The molecular weight excluding hydrogens is 235 g/mol. The van der Waals surface area contributed by atoms with E-state index in [1.807, 2.05) is 0 Å². The smallest absolute Gasteiger partial charge is 0.0115 e. The Bertz CT molecular complexity index is 143. The maximum atomic E-state index is 3.94. The molecule has 0 rings (SSSR count). The largest absolute Gasteiger partial charge is 0.0996 e. The van der Waals surface area contributed by atoms with Gasteiger partial charge in [0.05, 0.1) is 0 Å². The molecule has 0 spiro atoms. The van der Waals surface area contributed by atoms with Gasteiger partial charge in [-0.25, -0.2) is 0 Å². The van der Waals surface area contributed by atoms with Crippen molar-refractivity contribution in [2.24, 2.45) is 5.41 Å². The third-order valence-electron chi connectivity index (χ3n) is 1.87. The van der Waals surface area contributed by atoms with Gasteiger partial charge in [-0.1, -0.05) is 54.7 Å². The topological polar surface area (TPSA) is 0 Å². The lowest BCUT2D eigenvalue weighted by atomic mass is 9.83. The second-order valence-electron chi connectivity index (χ2n) is 3.23. The number of hydrogen-bond acceptors (Lipinski definition) is 0. The van der Waals surface area contributed by atoms with Crippen LogP contribution in [0.25, 0.3) is 0 Å². The Morgan fingerprint density at radius 2 is 2.10 bits per heavy atom. The first-order valence-corrected chi connectivity index (χ1v) is 4.66. The zero-order chi connectivity index (χ0) is 8.20. The first-order chi connectivity index (χ1) is 4.50. The minimum atomic E-state index is 0.266. The molecule has 0 N–H and O–H groups in total. The predicted molar refractivity (Wildman–Crippen MR) is 56.4 cm³/mol. The van der Waals surface area contributed by atoms with E-state index in [9.17, 15) is 0 Å². The highest BCUT2D eigenvalue weighted by atomic mass is 127. The fourth-order valence-electron chi connectivity index (χ4n) is 0.513. The van der Waals surface area contributed by atoms with E-state index < -0.39 is 0 Å². The van der Waals surface area contributed by atoms with E-state index in [4.69, 9.17) is 0 Å². The molecule has 0 aliphatic rings. The van der Waals surface area contributed by atoms with Gasteiger partial charge in [0, 0.05) is 0 Å². The zero-order valence-electron chi connectivity index (χ0n) is 6.95. The second-order valence-corrected chi connectivity index (χ2v) is 3.95. The van der Waals surface area contributed by atoms with Crippen LogP contribution in [0.15, 0.2) is 22.3 Å². The summed E-state index contributed by atoms with van der Waals surface area (Å²) in [6, 6.07) is 0. The molecule has 0 fully saturated rings. The van der Waals surface area contributed by atoms with Crippen LogP contribution < -0.4 is 0 Å². The third-order valence-corrected chi connectivity index (χ3v) is 2.38. The Balaban J connectivity index is 3.99. The number of halogens is 1. The van der Waals surface area contributed by atoms with E-state index in [2.05, 4.69) is 60.1 Å². The summed E-state index contributed by atoms with van der Waals surface area (Å²) in [5, 5.41) is 0. The molecule has 0 saturated carbocycles. The average molecular weight is 250 g/mol. The van der Waals surface area contributed by atoms with Crippen molar-refractivity contribution in [2.75, 3.05) is 0 Å². The molecule has 0 bridgehead atoms. The molecule has 0 radical (unpaired) electrons. The molecule has 0 heterocycles. The summed E-state index contributed by atoms with van der Waals surface area (Å²) in [5.41, 5.74) is 1.52. The Kier molecular flexibility index (Phi) is 4.25. The number of hydrogen-bond donors (Lipinski definition) is 0.